The van der Waals surface area contributed by atoms with Gasteiger partial charge in [0.1, 0.15) is 24.4 Å². The van der Waals surface area contributed by atoms with Crippen LogP contribution >= 0.6 is 0 Å². The first-order chi connectivity index (χ1) is 10.8. The third-order valence-corrected chi connectivity index (χ3v) is 3.59. The number of aldehydes is 1. The average Bonchev–Trinajstić information content (AvgIpc) is 2.59. The Hall–Kier alpha value is -2.55. The molecule has 0 atom stereocenters. The molecule has 0 saturated heterocycles. The van der Waals surface area contributed by atoms with E-state index < -0.39 is 0 Å². The van der Waals surface area contributed by atoms with Gasteiger partial charge in [-0.3, -0.25) is 4.79 Å². The smallest absolute Gasteiger partial charge is 0.149 e. The Bertz CT molecular complexity index is 674. The topological polar surface area (TPSA) is 35.5 Å². The summed E-state index contributed by atoms with van der Waals surface area (Å²) in [5.74, 6) is 1.60. The SMILES string of the molecule is O=CC1=Cc2cc(OCCCc3ccccc3)ccc2OC1. The first-order valence-corrected chi connectivity index (χ1v) is 7.44. The molecule has 0 unspecified atom stereocenters. The molecule has 0 aliphatic carbocycles. The van der Waals surface area contributed by atoms with E-state index in [1.165, 1.54) is 5.56 Å². The van der Waals surface area contributed by atoms with Gasteiger partial charge in [0.15, 0.2) is 0 Å². The fourth-order valence-corrected chi connectivity index (χ4v) is 2.44. The zero-order chi connectivity index (χ0) is 15.2. The third kappa shape index (κ3) is 3.55. The van der Waals surface area contributed by atoms with Gasteiger partial charge in [0.25, 0.3) is 0 Å². The van der Waals surface area contributed by atoms with Crippen LogP contribution in [0.25, 0.3) is 6.08 Å². The van der Waals surface area contributed by atoms with Crippen molar-refractivity contribution in [2.75, 3.05) is 13.2 Å². The molecule has 0 fully saturated rings. The lowest BCUT2D eigenvalue weighted by Gasteiger charge is -2.16. The minimum Gasteiger partial charge on any atom is -0.494 e. The van der Waals surface area contributed by atoms with Crippen LogP contribution in [0.4, 0.5) is 0 Å². The summed E-state index contributed by atoms with van der Waals surface area (Å²) in [6.07, 6.45) is 4.65. The molecular formula is C19H18O3. The third-order valence-electron chi connectivity index (χ3n) is 3.59. The van der Waals surface area contributed by atoms with Gasteiger partial charge >= 0.3 is 0 Å². The lowest BCUT2D eigenvalue weighted by Crippen LogP contribution is -2.08. The maximum Gasteiger partial charge on any atom is 0.149 e. The van der Waals surface area contributed by atoms with Gasteiger partial charge in [-0.05, 0) is 42.7 Å². The van der Waals surface area contributed by atoms with E-state index in [1.807, 2.05) is 30.3 Å². The zero-order valence-electron chi connectivity index (χ0n) is 12.3. The summed E-state index contributed by atoms with van der Waals surface area (Å²) < 4.78 is 11.3. The normalized spacial score (nSPS) is 12.8. The largest absolute Gasteiger partial charge is 0.494 e. The first-order valence-electron chi connectivity index (χ1n) is 7.44. The van der Waals surface area contributed by atoms with Crippen molar-refractivity contribution in [3.05, 3.63) is 65.2 Å². The lowest BCUT2D eigenvalue weighted by molar-refractivity contribution is -0.105. The molecule has 0 spiro atoms. The van der Waals surface area contributed by atoms with Crippen LogP contribution in [-0.2, 0) is 11.2 Å². The van der Waals surface area contributed by atoms with Gasteiger partial charge in [-0.15, -0.1) is 0 Å². The van der Waals surface area contributed by atoms with E-state index in [0.29, 0.717) is 18.8 Å². The molecule has 2 aromatic carbocycles. The van der Waals surface area contributed by atoms with E-state index in [-0.39, 0.29) is 0 Å². The number of fused-ring (bicyclic) bond motifs is 1. The number of hydrogen-bond acceptors (Lipinski definition) is 3. The lowest BCUT2D eigenvalue weighted by atomic mass is 10.1. The van der Waals surface area contributed by atoms with Crippen LogP contribution in [0, 0.1) is 0 Å². The van der Waals surface area contributed by atoms with Gasteiger partial charge in [-0.2, -0.15) is 0 Å². The van der Waals surface area contributed by atoms with Gasteiger partial charge < -0.3 is 9.47 Å². The molecule has 3 heteroatoms. The van der Waals surface area contributed by atoms with Crippen LogP contribution in [0.3, 0.4) is 0 Å². The zero-order valence-corrected chi connectivity index (χ0v) is 12.3. The van der Waals surface area contributed by atoms with Crippen molar-refractivity contribution in [2.24, 2.45) is 0 Å². The molecule has 0 saturated carbocycles. The molecular weight excluding hydrogens is 276 g/mol. The van der Waals surface area contributed by atoms with Crippen LogP contribution in [0.2, 0.25) is 0 Å². The standard InChI is InChI=1S/C19H18O3/c20-13-16-11-17-12-18(8-9-19(17)22-14-16)21-10-4-7-15-5-2-1-3-6-15/h1-3,5-6,8-9,11-13H,4,7,10,14H2. The Morgan fingerprint density at radius 3 is 2.82 bits per heavy atom. The summed E-state index contributed by atoms with van der Waals surface area (Å²) in [6, 6.07) is 16.1. The summed E-state index contributed by atoms with van der Waals surface area (Å²) in [6.45, 7) is 1.01. The van der Waals surface area contributed by atoms with Crippen LogP contribution in [0.1, 0.15) is 17.5 Å². The van der Waals surface area contributed by atoms with Gasteiger partial charge in [0, 0.05) is 11.1 Å². The maximum atomic E-state index is 10.8. The minimum absolute atomic E-state index is 0.341. The summed E-state index contributed by atoms with van der Waals surface area (Å²) in [7, 11) is 0. The molecule has 1 aliphatic heterocycles. The van der Waals surface area contributed by atoms with E-state index >= 15 is 0 Å². The number of aryl methyl sites for hydroxylation is 1. The molecule has 0 amide bonds. The Balaban J connectivity index is 1.56. The second-order valence-electron chi connectivity index (χ2n) is 5.26. The van der Waals surface area contributed by atoms with E-state index in [4.69, 9.17) is 9.47 Å². The van der Waals surface area contributed by atoms with Crippen LogP contribution < -0.4 is 9.47 Å². The number of carbonyl (C=O) groups excluding carboxylic acids is 1. The average molecular weight is 294 g/mol. The molecule has 1 aliphatic rings. The molecule has 0 aromatic heterocycles. The van der Waals surface area contributed by atoms with E-state index in [0.717, 1.165) is 36.2 Å². The van der Waals surface area contributed by atoms with Crippen molar-refractivity contribution < 1.29 is 14.3 Å². The van der Waals surface area contributed by atoms with Crippen molar-refractivity contribution >= 4 is 12.4 Å². The van der Waals surface area contributed by atoms with E-state index in [9.17, 15) is 4.79 Å². The van der Waals surface area contributed by atoms with Gasteiger partial charge in [0.05, 0.1) is 6.61 Å². The van der Waals surface area contributed by atoms with Crippen molar-refractivity contribution in [2.45, 2.75) is 12.8 Å². The first kappa shape index (κ1) is 14.4. The number of ether oxygens (including phenoxy) is 2. The predicted octanol–water partition coefficient (Wildman–Crippen LogP) is 3.67. The molecule has 3 rings (SSSR count). The molecule has 112 valence electrons. The quantitative estimate of drug-likeness (QED) is 0.602. The fraction of sp³-hybridized carbons (Fsp3) is 0.211. The van der Waals surface area contributed by atoms with E-state index in [1.54, 1.807) is 0 Å². The minimum atomic E-state index is 0.341. The van der Waals surface area contributed by atoms with Gasteiger partial charge in [0.2, 0.25) is 0 Å². The molecule has 1 heterocycles. The Morgan fingerprint density at radius 2 is 2.00 bits per heavy atom. The van der Waals surface area contributed by atoms with Crippen molar-refractivity contribution in [1.82, 2.24) is 0 Å². The second kappa shape index (κ2) is 6.94. The maximum absolute atomic E-state index is 10.8. The summed E-state index contributed by atoms with van der Waals surface area (Å²) in [5, 5.41) is 0. The highest BCUT2D eigenvalue weighted by atomic mass is 16.5. The Morgan fingerprint density at radius 1 is 1.14 bits per heavy atom. The van der Waals surface area contributed by atoms with Crippen molar-refractivity contribution in [1.29, 1.82) is 0 Å². The number of hydrogen-bond donors (Lipinski definition) is 0. The van der Waals surface area contributed by atoms with Crippen LogP contribution in [0.15, 0.2) is 54.1 Å². The molecule has 0 bridgehead atoms. The van der Waals surface area contributed by atoms with Gasteiger partial charge in [-0.25, -0.2) is 0 Å². The van der Waals surface area contributed by atoms with Crippen molar-refractivity contribution in [3.8, 4) is 11.5 Å². The number of rotatable bonds is 6. The molecule has 0 N–H and O–H groups in total. The fourth-order valence-electron chi connectivity index (χ4n) is 2.44. The predicted molar refractivity (Wildman–Crippen MR) is 86.2 cm³/mol. The highest BCUT2D eigenvalue weighted by Crippen LogP contribution is 2.29. The molecule has 0 radical (unpaired) electrons. The summed E-state index contributed by atoms with van der Waals surface area (Å²) in [4.78, 5) is 10.8. The summed E-state index contributed by atoms with van der Waals surface area (Å²) >= 11 is 0. The van der Waals surface area contributed by atoms with Crippen LogP contribution in [-0.4, -0.2) is 19.5 Å². The summed E-state index contributed by atoms with van der Waals surface area (Å²) in [5.41, 5.74) is 2.87. The monoisotopic (exact) mass is 294 g/mol. The number of carbonyl (C=O) groups is 1. The van der Waals surface area contributed by atoms with Gasteiger partial charge in [-0.1, -0.05) is 30.3 Å². The molecule has 22 heavy (non-hydrogen) atoms. The molecule has 3 nitrogen and oxygen atoms in total. The Labute approximate surface area is 130 Å². The Kier molecular flexibility index (Phi) is 4.54. The number of benzene rings is 2. The highest BCUT2D eigenvalue weighted by molar-refractivity contribution is 5.84. The second-order valence-corrected chi connectivity index (χ2v) is 5.26. The van der Waals surface area contributed by atoms with Crippen molar-refractivity contribution in [3.63, 3.8) is 0 Å². The van der Waals surface area contributed by atoms with Crippen LogP contribution in [0.5, 0.6) is 11.5 Å². The molecule has 2 aromatic rings. The highest BCUT2D eigenvalue weighted by Gasteiger charge is 2.11. The van der Waals surface area contributed by atoms with E-state index in [2.05, 4.69) is 24.3 Å².